The molecule has 0 fully saturated rings. The normalized spacial score (nSPS) is 11.7. The van der Waals surface area contributed by atoms with Crippen LogP contribution in [0, 0.1) is 10.4 Å². The van der Waals surface area contributed by atoms with Gasteiger partial charge in [-0.05, 0) is 10.8 Å². The Balaban J connectivity index is 2.86. The maximum absolute atomic E-state index is 11.2. The van der Waals surface area contributed by atoms with Crippen molar-refractivity contribution in [1.29, 1.82) is 0 Å². The van der Waals surface area contributed by atoms with Crippen LogP contribution in [0.25, 0.3) is 10.8 Å². The van der Waals surface area contributed by atoms with Crippen LogP contribution in [0.1, 0.15) is 0 Å². The van der Waals surface area contributed by atoms with Gasteiger partial charge in [-0.3, -0.25) is 14.6 Å². The van der Waals surface area contributed by atoms with Gasteiger partial charge in [0.1, 0.15) is 0 Å². The predicted molar refractivity (Wildman–Crippen MR) is 48.5 cm³/mol. The highest BCUT2D eigenvalue weighted by Gasteiger charge is 2.12. The van der Waals surface area contributed by atoms with Gasteiger partial charge in [0.2, 0.25) is 0 Å². The first kappa shape index (κ1) is 6.60. The van der Waals surface area contributed by atoms with Crippen LogP contribution in [0.3, 0.4) is 0 Å². The molecular weight excluding hydrogens is 166 g/mol. The monoisotopic (exact) mass is 171 g/mol. The van der Waals surface area contributed by atoms with Crippen LogP contribution in [0.5, 0.6) is 0 Å². The number of hydrogen-bond donors (Lipinski definition) is 1. The van der Waals surface area contributed by atoms with Crippen molar-refractivity contribution in [2.45, 2.75) is 0 Å². The third kappa shape index (κ3) is 0.605. The SMILES string of the molecule is O=c1[nH]c(=O)c2c3ccccc3c1=2. The molecule has 1 heterocycles. The number of aromatic nitrogens is 1. The zero-order chi connectivity index (χ0) is 9.00. The second-order valence-electron chi connectivity index (χ2n) is 3.08. The Morgan fingerprint density at radius 3 is 1.77 bits per heavy atom. The second kappa shape index (κ2) is 1.88. The van der Waals surface area contributed by atoms with E-state index in [-0.39, 0.29) is 11.1 Å². The summed E-state index contributed by atoms with van der Waals surface area (Å²) in [5, 5.41) is 2.89. The molecule has 1 aromatic carbocycles. The first-order valence-corrected chi connectivity index (χ1v) is 3.99. The number of fused-ring (bicyclic) bond motifs is 3. The van der Waals surface area contributed by atoms with Crippen molar-refractivity contribution in [2.24, 2.45) is 0 Å². The minimum Gasteiger partial charge on any atom is -0.288 e. The molecule has 0 aromatic heterocycles. The molecule has 0 atom stereocenters. The molecule has 1 aromatic rings. The molecule has 1 aliphatic heterocycles. The van der Waals surface area contributed by atoms with E-state index >= 15 is 0 Å². The van der Waals surface area contributed by atoms with E-state index in [1.54, 1.807) is 0 Å². The Bertz CT molecular complexity index is 667. The van der Waals surface area contributed by atoms with E-state index in [0.717, 1.165) is 10.8 Å². The molecule has 13 heavy (non-hydrogen) atoms. The van der Waals surface area contributed by atoms with Crippen molar-refractivity contribution in [2.75, 3.05) is 0 Å². The topological polar surface area (TPSA) is 49.9 Å². The highest BCUT2D eigenvalue weighted by atomic mass is 16.2. The number of rotatable bonds is 0. The quantitative estimate of drug-likeness (QED) is 0.535. The summed E-state index contributed by atoms with van der Waals surface area (Å²) in [4.78, 5) is 24.7. The fourth-order valence-electron chi connectivity index (χ4n) is 1.83. The van der Waals surface area contributed by atoms with Gasteiger partial charge in [-0.2, -0.15) is 0 Å². The van der Waals surface area contributed by atoms with Crippen LogP contribution >= 0.6 is 0 Å². The van der Waals surface area contributed by atoms with Crippen molar-refractivity contribution >= 4 is 10.8 Å². The average Bonchev–Trinajstić information content (AvgIpc) is 2.30. The minimum absolute atomic E-state index is 0.265. The summed E-state index contributed by atoms with van der Waals surface area (Å²) in [5.41, 5.74) is -0.530. The fraction of sp³-hybridized carbons (Fsp3) is 0. The molecule has 0 radical (unpaired) electrons. The van der Waals surface area contributed by atoms with Crippen LogP contribution in [0.4, 0.5) is 0 Å². The summed E-state index contributed by atoms with van der Waals surface area (Å²) in [6, 6.07) is 7.43. The van der Waals surface area contributed by atoms with Gasteiger partial charge in [0.15, 0.2) is 0 Å². The van der Waals surface area contributed by atoms with Crippen molar-refractivity contribution in [3.63, 3.8) is 0 Å². The summed E-state index contributed by atoms with van der Waals surface area (Å²) >= 11 is 0. The smallest absolute Gasteiger partial charge is 0.259 e. The van der Waals surface area contributed by atoms with Crippen molar-refractivity contribution in [3.05, 3.63) is 55.4 Å². The maximum Gasteiger partial charge on any atom is 0.259 e. The summed E-state index contributed by atoms with van der Waals surface area (Å²) in [6.07, 6.45) is 0. The Morgan fingerprint density at radius 1 is 0.846 bits per heavy atom. The standard InChI is InChI=1S/C10H5NO2/c12-9-7-5-3-1-2-4-6(5)8(7)10(13)11-9/h1-4H,(H,11,12,13). The molecule has 0 unspecified atom stereocenters. The molecule has 62 valence electrons. The van der Waals surface area contributed by atoms with Gasteiger partial charge in [0.05, 0.1) is 10.4 Å². The Morgan fingerprint density at radius 2 is 1.31 bits per heavy atom. The largest absolute Gasteiger partial charge is 0.288 e. The third-order valence-electron chi connectivity index (χ3n) is 2.40. The van der Waals surface area contributed by atoms with Crippen LogP contribution in [-0.4, -0.2) is 4.98 Å². The van der Waals surface area contributed by atoms with Crippen molar-refractivity contribution in [3.8, 4) is 0 Å². The summed E-state index contributed by atoms with van der Waals surface area (Å²) in [7, 11) is 0. The van der Waals surface area contributed by atoms with Gasteiger partial charge < -0.3 is 0 Å². The zero-order valence-corrected chi connectivity index (χ0v) is 6.63. The fourth-order valence-corrected chi connectivity index (χ4v) is 1.83. The number of aromatic amines is 1. The molecule has 3 heteroatoms. The lowest BCUT2D eigenvalue weighted by atomic mass is 10.0. The third-order valence-corrected chi connectivity index (χ3v) is 2.40. The molecule has 0 saturated carbocycles. The first-order chi connectivity index (χ1) is 6.29. The number of nitrogens with one attached hydrogen (secondary N) is 1. The number of benzene rings is 1. The number of H-pyrrole nitrogens is 1. The van der Waals surface area contributed by atoms with Crippen molar-refractivity contribution in [1.82, 2.24) is 4.98 Å². The van der Waals surface area contributed by atoms with Crippen LogP contribution in [-0.2, 0) is 0 Å². The van der Waals surface area contributed by atoms with Crippen LogP contribution in [0.2, 0.25) is 0 Å². The lowest BCUT2D eigenvalue weighted by Crippen LogP contribution is -2.06. The first-order valence-electron chi connectivity index (χ1n) is 3.99. The highest BCUT2D eigenvalue weighted by Crippen LogP contribution is 2.18. The van der Waals surface area contributed by atoms with E-state index < -0.39 is 0 Å². The lowest BCUT2D eigenvalue weighted by Gasteiger charge is -1.99. The Labute approximate surface area is 72.0 Å². The van der Waals surface area contributed by atoms with Gasteiger partial charge in [0.25, 0.3) is 11.1 Å². The average molecular weight is 171 g/mol. The minimum atomic E-state index is -0.265. The molecule has 2 aliphatic rings. The molecule has 0 bridgehead atoms. The number of hydrogen-bond acceptors (Lipinski definition) is 2. The molecular formula is C10H5NO2. The van der Waals surface area contributed by atoms with Gasteiger partial charge in [-0.25, -0.2) is 0 Å². The van der Waals surface area contributed by atoms with E-state index in [1.807, 2.05) is 24.3 Å². The van der Waals surface area contributed by atoms with Gasteiger partial charge >= 0.3 is 0 Å². The van der Waals surface area contributed by atoms with Crippen molar-refractivity contribution < 1.29 is 0 Å². The van der Waals surface area contributed by atoms with Gasteiger partial charge in [-0.15, -0.1) is 0 Å². The van der Waals surface area contributed by atoms with Crippen LogP contribution < -0.4 is 11.1 Å². The van der Waals surface area contributed by atoms with Gasteiger partial charge in [-0.1, -0.05) is 24.3 Å². The van der Waals surface area contributed by atoms with E-state index in [0.29, 0.717) is 10.4 Å². The highest BCUT2D eigenvalue weighted by molar-refractivity contribution is 5.89. The maximum atomic E-state index is 11.2. The second-order valence-corrected chi connectivity index (χ2v) is 3.08. The Hall–Kier alpha value is -1.90. The van der Waals surface area contributed by atoms with E-state index in [4.69, 9.17) is 0 Å². The summed E-state index contributed by atoms with van der Waals surface area (Å²) in [5.74, 6) is 0. The molecule has 0 amide bonds. The summed E-state index contributed by atoms with van der Waals surface area (Å²) in [6.45, 7) is 0. The van der Waals surface area contributed by atoms with E-state index in [1.165, 1.54) is 0 Å². The van der Waals surface area contributed by atoms with Gasteiger partial charge in [0, 0.05) is 0 Å². The molecule has 0 spiro atoms. The van der Waals surface area contributed by atoms with E-state index in [9.17, 15) is 9.59 Å². The molecule has 1 aliphatic carbocycles. The molecule has 1 N–H and O–H groups in total. The Kier molecular flexibility index (Phi) is 0.953. The summed E-state index contributed by atoms with van der Waals surface area (Å²) < 4.78 is 0. The van der Waals surface area contributed by atoms with Crippen LogP contribution in [0.15, 0.2) is 33.9 Å². The predicted octanol–water partition coefficient (Wildman–Crippen LogP) is 0.489. The molecule has 0 saturated heterocycles. The molecule has 3 nitrogen and oxygen atoms in total. The zero-order valence-electron chi connectivity index (χ0n) is 6.63. The van der Waals surface area contributed by atoms with E-state index in [2.05, 4.69) is 4.98 Å². The molecule has 3 rings (SSSR count). The lowest BCUT2D eigenvalue weighted by molar-refractivity contribution is 1.23.